The summed E-state index contributed by atoms with van der Waals surface area (Å²) in [7, 11) is 0. The summed E-state index contributed by atoms with van der Waals surface area (Å²) in [5, 5.41) is 3.67. The second-order valence-electron chi connectivity index (χ2n) is 5.93. The smallest absolute Gasteiger partial charge is 0.127 e. The number of ether oxygens (including phenoxy) is 1. The normalized spacial score (nSPS) is 19.2. The monoisotopic (exact) mass is 325 g/mol. The summed E-state index contributed by atoms with van der Waals surface area (Å²) >= 11 is 3.65. The van der Waals surface area contributed by atoms with Gasteiger partial charge in [0.15, 0.2) is 0 Å². The molecule has 1 aromatic rings. The molecule has 1 atom stereocenters. The van der Waals surface area contributed by atoms with Crippen LogP contribution in [0.15, 0.2) is 16.6 Å². The first-order valence-electron chi connectivity index (χ1n) is 7.21. The zero-order valence-corrected chi connectivity index (χ0v) is 13.9. The quantitative estimate of drug-likeness (QED) is 0.863. The maximum Gasteiger partial charge on any atom is 0.127 e. The highest BCUT2D eigenvalue weighted by molar-refractivity contribution is 9.10. The molecule has 0 aromatic heterocycles. The Labute approximate surface area is 125 Å². The predicted octanol–water partition coefficient (Wildman–Crippen LogP) is 4.78. The van der Waals surface area contributed by atoms with Crippen molar-refractivity contribution in [3.63, 3.8) is 0 Å². The number of fused-ring (bicyclic) bond motifs is 1. The lowest BCUT2D eigenvalue weighted by Crippen LogP contribution is -2.28. The Morgan fingerprint density at radius 1 is 1.26 bits per heavy atom. The molecule has 0 amide bonds. The molecule has 0 saturated carbocycles. The van der Waals surface area contributed by atoms with Crippen molar-refractivity contribution in [2.75, 3.05) is 6.61 Å². The molecule has 2 nitrogen and oxygen atoms in total. The third-order valence-corrected chi connectivity index (χ3v) is 3.98. The highest BCUT2D eigenvalue weighted by Crippen LogP contribution is 2.40. The molecule has 0 fully saturated rings. The Balaban J connectivity index is 2.47. The van der Waals surface area contributed by atoms with Gasteiger partial charge in [0.05, 0.1) is 6.61 Å². The third-order valence-electron chi connectivity index (χ3n) is 3.53. The molecule has 19 heavy (non-hydrogen) atoms. The van der Waals surface area contributed by atoms with Gasteiger partial charge in [-0.1, -0.05) is 43.6 Å². The van der Waals surface area contributed by atoms with Crippen molar-refractivity contribution in [3.8, 4) is 5.75 Å². The van der Waals surface area contributed by atoms with Crippen LogP contribution in [0.5, 0.6) is 5.75 Å². The van der Waals surface area contributed by atoms with E-state index in [4.69, 9.17) is 4.74 Å². The van der Waals surface area contributed by atoms with E-state index in [1.165, 1.54) is 11.1 Å². The number of hydrogen-bond donors (Lipinski definition) is 1. The van der Waals surface area contributed by atoms with Crippen molar-refractivity contribution < 1.29 is 4.74 Å². The van der Waals surface area contributed by atoms with Crippen LogP contribution in [0.4, 0.5) is 0 Å². The van der Waals surface area contributed by atoms with E-state index in [1.807, 2.05) is 0 Å². The molecule has 1 aliphatic rings. The highest BCUT2D eigenvalue weighted by atomic mass is 79.9. The molecule has 0 spiro atoms. The van der Waals surface area contributed by atoms with E-state index in [1.54, 1.807) is 0 Å². The molecule has 1 aliphatic heterocycles. The van der Waals surface area contributed by atoms with Gasteiger partial charge in [0.25, 0.3) is 0 Å². The van der Waals surface area contributed by atoms with Crippen LogP contribution in [0.1, 0.15) is 63.6 Å². The van der Waals surface area contributed by atoms with Gasteiger partial charge in [0, 0.05) is 22.1 Å². The summed E-state index contributed by atoms with van der Waals surface area (Å²) in [6.45, 7) is 9.67. The van der Waals surface area contributed by atoms with Crippen molar-refractivity contribution in [2.24, 2.45) is 0 Å². The average Bonchev–Trinajstić information content (AvgIpc) is 2.50. The standard InChI is InChI=1S/C16H24BrNO/c1-10(2)13-8-12(17)9-14-15(18-11(3)4)6-5-7-19-16(13)14/h8-11,15,18H,5-7H2,1-4H3. The van der Waals surface area contributed by atoms with Crippen LogP contribution in [0.2, 0.25) is 0 Å². The van der Waals surface area contributed by atoms with Gasteiger partial charge in [-0.05, 0) is 36.5 Å². The van der Waals surface area contributed by atoms with Crippen LogP contribution in [0.25, 0.3) is 0 Å². The van der Waals surface area contributed by atoms with Gasteiger partial charge in [0.1, 0.15) is 5.75 Å². The zero-order chi connectivity index (χ0) is 14.0. The molecular formula is C16H24BrNO. The fraction of sp³-hybridized carbons (Fsp3) is 0.625. The third kappa shape index (κ3) is 3.51. The minimum Gasteiger partial charge on any atom is -0.493 e. The van der Waals surface area contributed by atoms with E-state index in [2.05, 4.69) is 61.1 Å². The molecule has 3 heteroatoms. The molecule has 2 rings (SSSR count). The fourth-order valence-corrected chi connectivity index (χ4v) is 3.18. The number of nitrogens with one attached hydrogen (secondary N) is 1. The van der Waals surface area contributed by atoms with Crippen LogP contribution in [-0.4, -0.2) is 12.6 Å². The van der Waals surface area contributed by atoms with Gasteiger partial charge in [-0.25, -0.2) is 0 Å². The first kappa shape index (κ1) is 14.9. The molecule has 1 N–H and O–H groups in total. The molecule has 0 saturated heterocycles. The molecule has 0 radical (unpaired) electrons. The summed E-state index contributed by atoms with van der Waals surface area (Å²) < 4.78 is 7.20. The summed E-state index contributed by atoms with van der Waals surface area (Å²) in [4.78, 5) is 0. The van der Waals surface area contributed by atoms with Gasteiger partial charge < -0.3 is 10.1 Å². The summed E-state index contributed by atoms with van der Waals surface area (Å²) in [6.07, 6.45) is 2.24. The Hall–Kier alpha value is -0.540. The number of rotatable bonds is 3. The maximum absolute atomic E-state index is 6.05. The van der Waals surface area contributed by atoms with Crippen LogP contribution < -0.4 is 10.1 Å². The molecule has 106 valence electrons. The Bertz CT molecular complexity index is 443. The molecule has 1 unspecified atom stereocenters. The SMILES string of the molecule is CC(C)NC1CCCOc2c(C(C)C)cc(Br)cc21. The second kappa shape index (κ2) is 6.27. The number of hydrogen-bond acceptors (Lipinski definition) is 2. The molecule has 1 aromatic carbocycles. The van der Waals surface area contributed by atoms with Crippen molar-refractivity contribution in [1.29, 1.82) is 0 Å². The topological polar surface area (TPSA) is 21.3 Å². The Morgan fingerprint density at radius 2 is 2.00 bits per heavy atom. The van der Waals surface area contributed by atoms with Crippen molar-refractivity contribution in [3.05, 3.63) is 27.7 Å². The zero-order valence-electron chi connectivity index (χ0n) is 12.3. The lowest BCUT2D eigenvalue weighted by Gasteiger charge is -2.23. The minimum absolute atomic E-state index is 0.396. The van der Waals surface area contributed by atoms with Crippen LogP contribution in [0, 0.1) is 0 Å². The lowest BCUT2D eigenvalue weighted by molar-refractivity contribution is 0.310. The number of benzene rings is 1. The lowest BCUT2D eigenvalue weighted by atomic mass is 9.94. The van der Waals surface area contributed by atoms with E-state index >= 15 is 0 Å². The largest absolute Gasteiger partial charge is 0.493 e. The van der Waals surface area contributed by atoms with Crippen LogP contribution in [0.3, 0.4) is 0 Å². The minimum atomic E-state index is 0.396. The Kier molecular flexibility index (Phi) is 4.91. The maximum atomic E-state index is 6.05. The molecule has 0 aliphatic carbocycles. The second-order valence-corrected chi connectivity index (χ2v) is 6.85. The van der Waals surface area contributed by atoms with E-state index in [0.29, 0.717) is 18.0 Å². The van der Waals surface area contributed by atoms with E-state index in [0.717, 1.165) is 29.7 Å². The van der Waals surface area contributed by atoms with Gasteiger partial charge in [-0.3, -0.25) is 0 Å². The highest BCUT2D eigenvalue weighted by Gasteiger charge is 2.24. The number of halogens is 1. The van der Waals surface area contributed by atoms with Crippen molar-refractivity contribution in [1.82, 2.24) is 5.32 Å². The Morgan fingerprint density at radius 3 is 2.63 bits per heavy atom. The van der Waals surface area contributed by atoms with E-state index in [-0.39, 0.29) is 0 Å². The molecular weight excluding hydrogens is 302 g/mol. The van der Waals surface area contributed by atoms with Gasteiger partial charge in [-0.2, -0.15) is 0 Å². The van der Waals surface area contributed by atoms with Crippen LogP contribution >= 0.6 is 15.9 Å². The van der Waals surface area contributed by atoms with Crippen molar-refractivity contribution in [2.45, 2.75) is 58.5 Å². The summed E-state index contributed by atoms with van der Waals surface area (Å²) in [5.74, 6) is 1.58. The van der Waals surface area contributed by atoms with Gasteiger partial charge >= 0.3 is 0 Å². The fourth-order valence-electron chi connectivity index (χ4n) is 2.68. The average molecular weight is 326 g/mol. The summed E-state index contributed by atoms with van der Waals surface area (Å²) in [5.41, 5.74) is 2.62. The van der Waals surface area contributed by atoms with Gasteiger partial charge in [0.2, 0.25) is 0 Å². The van der Waals surface area contributed by atoms with Crippen LogP contribution in [-0.2, 0) is 0 Å². The van der Waals surface area contributed by atoms with E-state index in [9.17, 15) is 0 Å². The summed E-state index contributed by atoms with van der Waals surface area (Å²) in [6, 6.07) is 5.29. The first-order valence-corrected chi connectivity index (χ1v) is 8.00. The van der Waals surface area contributed by atoms with Gasteiger partial charge in [-0.15, -0.1) is 0 Å². The predicted molar refractivity (Wildman–Crippen MR) is 84.0 cm³/mol. The van der Waals surface area contributed by atoms with E-state index < -0.39 is 0 Å². The van der Waals surface area contributed by atoms with Crippen molar-refractivity contribution >= 4 is 15.9 Å². The molecule has 0 bridgehead atoms. The molecule has 1 heterocycles. The first-order chi connectivity index (χ1) is 8.99.